The lowest BCUT2D eigenvalue weighted by atomic mass is 9.99. The molecule has 25 heavy (non-hydrogen) atoms. The minimum absolute atomic E-state index is 0.274. The highest BCUT2D eigenvalue weighted by Gasteiger charge is 2.27. The van der Waals surface area contributed by atoms with Gasteiger partial charge in [-0.3, -0.25) is 4.90 Å². The van der Waals surface area contributed by atoms with Gasteiger partial charge in [-0.05, 0) is 48.7 Å². The molecule has 128 valence electrons. The van der Waals surface area contributed by atoms with Crippen molar-refractivity contribution in [2.45, 2.75) is 32.5 Å². The molecule has 4 rings (SSSR count). The Balaban J connectivity index is 1.75. The lowest BCUT2D eigenvalue weighted by Gasteiger charge is -2.31. The Morgan fingerprint density at radius 3 is 2.72 bits per heavy atom. The number of halogens is 1. The molecule has 0 bridgehead atoms. The highest BCUT2D eigenvalue weighted by atomic mass is 35.5. The van der Waals surface area contributed by atoms with E-state index in [0.717, 1.165) is 31.1 Å². The number of benzene rings is 2. The summed E-state index contributed by atoms with van der Waals surface area (Å²) in [5.41, 5.74) is 5.32. The maximum atomic E-state index is 6.21. The lowest BCUT2D eigenvalue weighted by Crippen LogP contribution is -2.29. The first-order valence-electron chi connectivity index (χ1n) is 8.91. The van der Waals surface area contributed by atoms with Crippen LogP contribution in [0.1, 0.15) is 34.8 Å². The molecule has 2 aromatic carbocycles. The van der Waals surface area contributed by atoms with Crippen molar-refractivity contribution < 1.29 is 0 Å². The molecule has 0 fully saturated rings. The fourth-order valence-corrected chi connectivity index (χ4v) is 4.11. The molecule has 0 spiro atoms. The van der Waals surface area contributed by atoms with Gasteiger partial charge >= 0.3 is 0 Å². The Hall–Kier alpha value is -2.03. The van der Waals surface area contributed by atoms with Gasteiger partial charge in [0, 0.05) is 36.5 Å². The van der Waals surface area contributed by atoms with Crippen LogP contribution in [0.4, 0.5) is 0 Å². The smallest absolute Gasteiger partial charge is 0.0759 e. The normalized spacial score (nSPS) is 17.9. The standard InChI is InChI=1S/C22H23ClN2/c1-17-6-2-8-19(14-17)22-21-10-4-11-24(21)12-5-13-25(22)16-18-7-3-9-20(23)15-18/h2-4,6-11,14-15,22H,5,12-13,16H2,1H3/t22-/m0/s1. The van der Waals surface area contributed by atoms with Gasteiger partial charge < -0.3 is 4.57 Å². The van der Waals surface area contributed by atoms with Crippen LogP contribution in [0, 0.1) is 6.92 Å². The van der Waals surface area contributed by atoms with Crippen molar-refractivity contribution in [3.8, 4) is 0 Å². The van der Waals surface area contributed by atoms with Gasteiger partial charge in [0.25, 0.3) is 0 Å². The first kappa shape index (κ1) is 16.4. The molecule has 0 saturated carbocycles. The molecule has 1 aromatic heterocycles. The molecule has 0 aliphatic carbocycles. The summed E-state index contributed by atoms with van der Waals surface area (Å²) in [5, 5.41) is 0.808. The summed E-state index contributed by atoms with van der Waals surface area (Å²) in [6.45, 7) is 5.23. The second kappa shape index (κ2) is 7.07. The number of fused-ring (bicyclic) bond motifs is 1. The quantitative estimate of drug-likeness (QED) is 0.610. The van der Waals surface area contributed by atoms with Crippen molar-refractivity contribution >= 4 is 11.6 Å². The summed E-state index contributed by atoms with van der Waals surface area (Å²) in [6, 6.07) is 21.9. The molecule has 0 unspecified atom stereocenters. The van der Waals surface area contributed by atoms with Crippen LogP contribution in [0.25, 0.3) is 0 Å². The van der Waals surface area contributed by atoms with E-state index >= 15 is 0 Å². The summed E-state index contributed by atoms with van der Waals surface area (Å²) in [5.74, 6) is 0. The van der Waals surface area contributed by atoms with Crippen molar-refractivity contribution in [2.75, 3.05) is 6.54 Å². The molecular weight excluding hydrogens is 328 g/mol. The third kappa shape index (κ3) is 3.51. The van der Waals surface area contributed by atoms with E-state index in [9.17, 15) is 0 Å². The zero-order chi connectivity index (χ0) is 17.2. The Labute approximate surface area is 154 Å². The van der Waals surface area contributed by atoms with Gasteiger partial charge in [-0.1, -0.05) is 53.6 Å². The number of hydrogen-bond acceptors (Lipinski definition) is 1. The van der Waals surface area contributed by atoms with Crippen molar-refractivity contribution in [2.24, 2.45) is 0 Å². The van der Waals surface area contributed by atoms with Crippen LogP contribution in [-0.2, 0) is 13.1 Å². The van der Waals surface area contributed by atoms with E-state index in [1.807, 2.05) is 12.1 Å². The second-order valence-electron chi connectivity index (χ2n) is 6.90. The van der Waals surface area contributed by atoms with Crippen LogP contribution >= 0.6 is 11.6 Å². The van der Waals surface area contributed by atoms with Crippen LogP contribution in [0.15, 0.2) is 66.9 Å². The molecule has 0 saturated heterocycles. The second-order valence-corrected chi connectivity index (χ2v) is 7.33. The van der Waals surface area contributed by atoms with E-state index in [0.29, 0.717) is 0 Å². The lowest BCUT2D eigenvalue weighted by molar-refractivity contribution is 0.220. The summed E-state index contributed by atoms with van der Waals surface area (Å²) < 4.78 is 2.41. The highest BCUT2D eigenvalue weighted by molar-refractivity contribution is 6.30. The van der Waals surface area contributed by atoms with Crippen LogP contribution in [0.5, 0.6) is 0 Å². The summed E-state index contributed by atoms with van der Waals surface area (Å²) in [4.78, 5) is 2.58. The summed E-state index contributed by atoms with van der Waals surface area (Å²) >= 11 is 6.21. The average Bonchev–Trinajstić information content (AvgIpc) is 2.96. The first-order chi connectivity index (χ1) is 12.2. The van der Waals surface area contributed by atoms with Gasteiger partial charge in [0.2, 0.25) is 0 Å². The Morgan fingerprint density at radius 2 is 1.88 bits per heavy atom. The number of aromatic nitrogens is 1. The molecule has 0 N–H and O–H groups in total. The van der Waals surface area contributed by atoms with Crippen LogP contribution in [0.2, 0.25) is 5.02 Å². The number of aryl methyl sites for hydroxylation is 2. The van der Waals surface area contributed by atoms with Crippen molar-refractivity contribution in [3.05, 3.63) is 94.3 Å². The predicted molar refractivity (Wildman–Crippen MR) is 104 cm³/mol. The zero-order valence-corrected chi connectivity index (χ0v) is 15.3. The summed E-state index contributed by atoms with van der Waals surface area (Å²) in [6.07, 6.45) is 3.37. The van der Waals surface area contributed by atoms with Gasteiger partial charge in [0.1, 0.15) is 0 Å². The number of hydrogen-bond donors (Lipinski definition) is 0. The molecule has 3 aromatic rings. The molecule has 0 radical (unpaired) electrons. The molecule has 3 heteroatoms. The van der Waals surface area contributed by atoms with Crippen molar-refractivity contribution in [3.63, 3.8) is 0 Å². The molecule has 2 nitrogen and oxygen atoms in total. The predicted octanol–water partition coefficient (Wildman–Crippen LogP) is 5.45. The summed E-state index contributed by atoms with van der Waals surface area (Å²) in [7, 11) is 0. The third-order valence-electron chi connectivity index (χ3n) is 4.99. The molecule has 0 amide bonds. The Kier molecular flexibility index (Phi) is 4.65. The molecule has 1 atom stereocenters. The highest BCUT2D eigenvalue weighted by Crippen LogP contribution is 2.33. The minimum Gasteiger partial charge on any atom is -0.350 e. The Morgan fingerprint density at radius 1 is 1.00 bits per heavy atom. The van der Waals surface area contributed by atoms with Gasteiger partial charge in [-0.15, -0.1) is 0 Å². The van der Waals surface area contributed by atoms with Crippen molar-refractivity contribution in [1.29, 1.82) is 0 Å². The fourth-order valence-electron chi connectivity index (χ4n) is 3.90. The van der Waals surface area contributed by atoms with Crippen LogP contribution < -0.4 is 0 Å². The fraction of sp³-hybridized carbons (Fsp3) is 0.273. The van der Waals surface area contributed by atoms with E-state index in [1.165, 1.54) is 22.4 Å². The molecular formula is C22H23ClN2. The van der Waals surface area contributed by atoms with Gasteiger partial charge in [-0.2, -0.15) is 0 Å². The van der Waals surface area contributed by atoms with Crippen LogP contribution in [0.3, 0.4) is 0 Å². The minimum atomic E-state index is 0.274. The van der Waals surface area contributed by atoms with E-state index in [2.05, 4.69) is 71.1 Å². The maximum absolute atomic E-state index is 6.21. The van der Waals surface area contributed by atoms with Crippen LogP contribution in [-0.4, -0.2) is 16.0 Å². The third-order valence-corrected chi connectivity index (χ3v) is 5.22. The van der Waals surface area contributed by atoms with Crippen molar-refractivity contribution in [1.82, 2.24) is 9.47 Å². The monoisotopic (exact) mass is 350 g/mol. The maximum Gasteiger partial charge on any atom is 0.0759 e. The van der Waals surface area contributed by atoms with Gasteiger partial charge in [-0.25, -0.2) is 0 Å². The van der Waals surface area contributed by atoms with E-state index in [-0.39, 0.29) is 6.04 Å². The Bertz CT molecular complexity index is 868. The SMILES string of the molecule is Cc1cccc([C@H]2c3cccn3CCCN2Cc2cccc(Cl)c2)c1. The number of nitrogens with zero attached hydrogens (tertiary/aromatic N) is 2. The first-order valence-corrected chi connectivity index (χ1v) is 9.28. The topological polar surface area (TPSA) is 8.17 Å². The molecule has 1 aliphatic rings. The average molecular weight is 351 g/mol. The van der Waals surface area contributed by atoms with Gasteiger partial charge in [0.15, 0.2) is 0 Å². The zero-order valence-electron chi connectivity index (χ0n) is 14.5. The van der Waals surface area contributed by atoms with E-state index in [4.69, 9.17) is 11.6 Å². The van der Waals surface area contributed by atoms with E-state index in [1.54, 1.807) is 0 Å². The molecule has 1 aliphatic heterocycles. The molecule has 2 heterocycles. The van der Waals surface area contributed by atoms with E-state index < -0.39 is 0 Å². The van der Waals surface area contributed by atoms with Gasteiger partial charge in [0.05, 0.1) is 6.04 Å². The largest absolute Gasteiger partial charge is 0.350 e. The number of rotatable bonds is 3.